The van der Waals surface area contributed by atoms with Crippen molar-refractivity contribution in [2.24, 2.45) is 11.8 Å². The predicted octanol–water partition coefficient (Wildman–Crippen LogP) is 2.30. The first-order valence-corrected chi connectivity index (χ1v) is 7.94. The Kier molecular flexibility index (Phi) is 4.65. The first-order valence-electron chi connectivity index (χ1n) is 7.06. The summed E-state index contributed by atoms with van der Waals surface area (Å²) in [5.41, 5.74) is -0.895. The van der Waals surface area contributed by atoms with E-state index in [0.29, 0.717) is 5.92 Å². The highest BCUT2D eigenvalue weighted by molar-refractivity contribution is 7.09. The van der Waals surface area contributed by atoms with Gasteiger partial charge in [0.05, 0.1) is 11.6 Å². The third-order valence-electron chi connectivity index (χ3n) is 3.95. The van der Waals surface area contributed by atoms with Gasteiger partial charge in [-0.05, 0) is 31.6 Å². The molecule has 5 nitrogen and oxygen atoms in total. The van der Waals surface area contributed by atoms with Gasteiger partial charge < -0.3 is 15.7 Å². The summed E-state index contributed by atoms with van der Waals surface area (Å²) in [6.45, 7) is 5.84. The molecule has 112 valence electrons. The summed E-state index contributed by atoms with van der Waals surface area (Å²) in [4.78, 5) is 16.3. The number of carbonyl (C=O) groups excluding carboxylic acids is 1. The van der Waals surface area contributed by atoms with Gasteiger partial charge in [0.25, 0.3) is 0 Å². The summed E-state index contributed by atoms with van der Waals surface area (Å²) in [6, 6.07) is -0.239. The Bertz CT molecular complexity index is 441. The van der Waals surface area contributed by atoms with Crippen LogP contribution in [-0.4, -0.2) is 28.3 Å². The molecule has 20 heavy (non-hydrogen) atoms. The molecule has 0 radical (unpaired) electrons. The van der Waals surface area contributed by atoms with Crippen LogP contribution in [0.15, 0.2) is 11.6 Å². The Balaban J connectivity index is 1.87. The lowest BCUT2D eigenvalue weighted by Gasteiger charge is -2.28. The number of nitrogens with zero attached hydrogens (tertiary/aromatic N) is 1. The molecule has 0 bridgehead atoms. The number of amides is 2. The zero-order valence-corrected chi connectivity index (χ0v) is 13.0. The number of carbonyl (C=O) groups is 1. The molecule has 2 amide bonds. The van der Waals surface area contributed by atoms with Crippen molar-refractivity contribution in [1.82, 2.24) is 15.6 Å². The molecule has 0 aromatic carbocycles. The summed E-state index contributed by atoms with van der Waals surface area (Å²) in [5.74, 6) is 0.582. The van der Waals surface area contributed by atoms with Crippen LogP contribution < -0.4 is 10.6 Å². The Morgan fingerprint density at radius 2 is 2.30 bits per heavy atom. The lowest BCUT2D eigenvalue weighted by atomic mass is 9.93. The van der Waals surface area contributed by atoms with Crippen molar-refractivity contribution < 1.29 is 9.90 Å². The number of urea groups is 1. The van der Waals surface area contributed by atoms with Crippen LogP contribution in [0.25, 0.3) is 0 Å². The first-order chi connectivity index (χ1) is 9.40. The number of nitrogens with one attached hydrogen (secondary N) is 2. The van der Waals surface area contributed by atoms with Gasteiger partial charge in [0.2, 0.25) is 0 Å². The van der Waals surface area contributed by atoms with Gasteiger partial charge in [0.1, 0.15) is 5.01 Å². The van der Waals surface area contributed by atoms with Crippen LogP contribution in [0.4, 0.5) is 4.79 Å². The van der Waals surface area contributed by atoms with Crippen molar-refractivity contribution in [1.29, 1.82) is 0 Å². The minimum absolute atomic E-state index is 0.000927. The fourth-order valence-corrected chi connectivity index (χ4v) is 2.64. The zero-order chi connectivity index (χ0) is 14.8. The SMILES string of the molecule is CC(C)C(C)(O)CNC(=O)NC(c1nccs1)C1CC1. The highest BCUT2D eigenvalue weighted by Crippen LogP contribution is 2.41. The van der Waals surface area contributed by atoms with Crippen LogP contribution >= 0.6 is 11.3 Å². The molecule has 1 fully saturated rings. The summed E-state index contributed by atoms with van der Waals surface area (Å²) >= 11 is 1.57. The second-order valence-electron chi connectivity index (χ2n) is 6.02. The van der Waals surface area contributed by atoms with Crippen molar-refractivity contribution in [3.63, 3.8) is 0 Å². The molecular weight excluding hydrogens is 274 g/mol. The second kappa shape index (κ2) is 6.10. The maximum Gasteiger partial charge on any atom is 0.315 e. The largest absolute Gasteiger partial charge is 0.388 e. The maximum absolute atomic E-state index is 12.0. The van der Waals surface area contributed by atoms with Gasteiger partial charge in [-0.3, -0.25) is 0 Å². The number of thiazole rings is 1. The lowest BCUT2D eigenvalue weighted by Crippen LogP contribution is -2.48. The van der Waals surface area contributed by atoms with Crippen molar-refractivity contribution >= 4 is 17.4 Å². The molecule has 0 aliphatic heterocycles. The molecule has 1 saturated carbocycles. The summed E-state index contributed by atoms with van der Waals surface area (Å²) in [5, 5.41) is 18.7. The van der Waals surface area contributed by atoms with Gasteiger partial charge in [0.15, 0.2) is 0 Å². The highest BCUT2D eigenvalue weighted by Gasteiger charge is 2.35. The van der Waals surface area contributed by atoms with E-state index in [4.69, 9.17) is 0 Å². The lowest BCUT2D eigenvalue weighted by molar-refractivity contribution is 0.0165. The second-order valence-corrected chi connectivity index (χ2v) is 6.95. The topological polar surface area (TPSA) is 74.2 Å². The zero-order valence-electron chi connectivity index (χ0n) is 12.2. The number of aliphatic hydroxyl groups is 1. The van der Waals surface area contributed by atoms with Gasteiger partial charge in [-0.15, -0.1) is 11.3 Å². The average molecular weight is 297 g/mol. The van der Waals surface area contributed by atoms with Crippen LogP contribution in [-0.2, 0) is 0 Å². The summed E-state index contributed by atoms with van der Waals surface area (Å²) < 4.78 is 0. The first kappa shape index (κ1) is 15.3. The molecule has 2 atom stereocenters. The molecule has 3 N–H and O–H groups in total. The van der Waals surface area contributed by atoms with E-state index >= 15 is 0 Å². The van der Waals surface area contributed by atoms with Crippen molar-refractivity contribution in [3.8, 4) is 0 Å². The number of rotatable bonds is 6. The average Bonchev–Trinajstić information content (AvgIpc) is 3.08. The van der Waals surface area contributed by atoms with Crippen molar-refractivity contribution in [2.45, 2.75) is 45.3 Å². The Morgan fingerprint density at radius 1 is 1.60 bits per heavy atom. The van der Waals surface area contributed by atoms with E-state index in [2.05, 4.69) is 15.6 Å². The van der Waals surface area contributed by atoms with Crippen LogP contribution in [0.1, 0.15) is 44.7 Å². The summed E-state index contributed by atoms with van der Waals surface area (Å²) in [6.07, 6.45) is 4.03. The fourth-order valence-electron chi connectivity index (χ4n) is 1.85. The minimum Gasteiger partial charge on any atom is -0.388 e. The third-order valence-corrected chi connectivity index (χ3v) is 4.81. The van der Waals surface area contributed by atoms with E-state index in [9.17, 15) is 9.90 Å². The molecule has 1 heterocycles. The predicted molar refractivity (Wildman–Crippen MR) is 79.6 cm³/mol. The normalized spacial score (nSPS) is 19.4. The van der Waals surface area contributed by atoms with E-state index in [1.54, 1.807) is 24.5 Å². The smallest absolute Gasteiger partial charge is 0.315 e. The minimum atomic E-state index is -0.895. The van der Waals surface area contributed by atoms with E-state index in [0.717, 1.165) is 17.8 Å². The van der Waals surface area contributed by atoms with Gasteiger partial charge in [-0.25, -0.2) is 9.78 Å². The van der Waals surface area contributed by atoms with Gasteiger partial charge in [-0.2, -0.15) is 0 Å². The van der Waals surface area contributed by atoms with Gasteiger partial charge in [-0.1, -0.05) is 13.8 Å². The summed E-state index contributed by atoms with van der Waals surface area (Å²) in [7, 11) is 0. The Hall–Kier alpha value is -1.14. The van der Waals surface area contributed by atoms with Gasteiger partial charge in [0, 0.05) is 18.1 Å². The van der Waals surface area contributed by atoms with Crippen LogP contribution in [0, 0.1) is 11.8 Å². The van der Waals surface area contributed by atoms with Crippen molar-refractivity contribution in [3.05, 3.63) is 16.6 Å². The quantitative estimate of drug-likeness (QED) is 0.754. The monoisotopic (exact) mass is 297 g/mol. The maximum atomic E-state index is 12.0. The molecule has 1 aliphatic rings. The molecule has 1 aliphatic carbocycles. The van der Waals surface area contributed by atoms with E-state index in [1.807, 2.05) is 19.2 Å². The molecule has 0 saturated heterocycles. The molecule has 1 aromatic heterocycles. The molecular formula is C14H23N3O2S. The van der Waals surface area contributed by atoms with Crippen LogP contribution in [0.5, 0.6) is 0 Å². The van der Waals surface area contributed by atoms with Crippen LogP contribution in [0.3, 0.4) is 0 Å². The van der Waals surface area contributed by atoms with Crippen molar-refractivity contribution in [2.75, 3.05) is 6.54 Å². The molecule has 0 spiro atoms. The fraction of sp³-hybridized carbons (Fsp3) is 0.714. The Labute approximate surface area is 123 Å². The molecule has 2 rings (SSSR count). The third kappa shape index (κ3) is 3.93. The molecule has 6 heteroatoms. The number of aromatic nitrogens is 1. The van der Waals surface area contributed by atoms with E-state index in [1.165, 1.54) is 0 Å². The van der Waals surface area contributed by atoms with E-state index in [-0.39, 0.29) is 24.5 Å². The highest BCUT2D eigenvalue weighted by atomic mass is 32.1. The standard InChI is InChI=1S/C14H23N3O2S/c1-9(2)14(3,19)8-16-13(18)17-11(10-4-5-10)12-15-6-7-20-12/h6-7,9-11,19H,4-5,8H2,1-3H3,(H2,16,17,18). The molecule has 2 unspecified atom stereocenters. The Morgan fingerprint density at radius 3 is 2.80 bits per heavy atom. The van der Waals surface area contributed by atoms with E-state index < -0.39 is 5.60 Å². The number of hydrogen-bond acceptors (Lipinski definition) is 4. The number of hydrogen-bond donors (Lipinski definition) is 3. The molecule has 1 aromatic rings. The van der Waals surface area contributed by atoms with Crippen LogP contribution in [0.2, 0.25) is 0 Å². The van der Waals surface area contributed by atoms with Gasteiger partial charge >= 0.3 is 6.03 Å².